The molecule has 1 aromatic carbocycles. The number of aromatic nitrogens is 4. The van der Waals surface area contributed by atoms with Crippen molar-refractivity contribution >= 4 is 16.9 Å². The lowest BCUT2D eigenvalue weighted by Crippen LogP contribution is -2.30. The number of ether oxygens (including phenoxy) is 2. The average Bonchev–Trinajstić information content (AvgIpc) is 3.23. The summed E-state index contributed by atoms with van der Waals surface area (Å²) in [6, 6.07) is 7.82. The van der Waals surface area contributed by atoms with Gasteiger partial charge >= 0.3 is 0 Å². The zero-order chi connectivity index (χ0) is 19.0. The van der Waals surface area contributed by atoms with Crippen LogP contribution < -0.4 is 10.1 Å². The minimum Gasteiger partial charge on any atom is -0.471 e. The van der Waals surface area contributed by atoms with Crippen molar-refractivity contribution in [3.8, 4) is 5.88 Å². The number of aliphatic hydroxyl groups is 2. The largest absolute Gasteiger partial charge is 0.471 e. The van der Waals surface area contributed by atoms with Gasteiger partial charge in [-0.05, 0) is 13.0 Å². The number of nitrogens with one attached hydrogen (secondary N) is 1. The molecule has 0 saturated carbocycles. The maximum atomic E-state index is 10.2. The zero-order valence-electron chi connectivity index (χ0n) is 15.0. The van der Waals surface area contributed by atoms with Crippen LogP contribution in [0.4, 0.5) is 5.69 Å². The first kappa shape index (κ1) is 17.7. The second-order valence-corrected chi connectivity index (χ2v) is 6.41. The van der Waals surface area contributed by atoms with Gasteiger partial charge in [-0.15, -0.1) is 0 Å². The number of nitrogens with zero attached hydrogens (tertiary/aromatic N) is 4. The van der Waals surface area contributed by atoms with E-state index in [0.29, 0.717) is 23.7 Å². The molecule has 0 radical (unpaired) electrons. The molecule has 9 heteroatoms. The number of benzene rings is 1. The maximum absolute atomic E-state index is 10.2. The van der Waals surface area contributed by atoms with E-state index in [-0.39, 0.29) is 0 Å². The molecule has 27 heavy (non-hydrogen) atoms. The van der Waals surface area contributed by atoms with Crippen molar-refractivity contribution in [1.29, 1.82) is 0 Å². The first-order valence-corrected chi connectivity index (χ1v) is 8.67. The van der Waals surface area contributed by atoms with Crippen LogP contribution in [0.2, 0.25) is 0 Å². The summed E-state index contributed by atoms with van der Waals surface area (Å²) >= 11 is 0. The molecule has 0 amide bonds. The molecule has 2 aromatic heterocycles. The molecule has 3 N–H and O–H groups in total. The number of para-hydroxylation sites is 1. The molecule has 3 aromatic rings. The predicted molar refractivity (Wildman–Crippen MR) is 97.2 cm³/mol. The highest BCUT2D eigenvalue weighted by atomic mass is 16.6. The van der Waals surface area contributed by atoms with Crippen LogP contribution in [0, 0.1) is 0 Å². The van der Waals surface area contributed by atoms with Crippen LogP contribution in [0.25, 0.3) is 11.2 Å². The van der Waals surface area contributed by atoms with Gasteiger partial charge in [-0.3, -0.25) is 4.57 Å². The van der Waals surface area contributed by atoms with Crippen LogP contribution in [-0.4, -0.2) is 55.1 Å². The Hall–Kier alpha value is -2.75. The highest BCUT2D eigenvalue weighted by molar-refractivity contribution is 5.76. The Kier molecular flexibility index (Phi) is 4.65. The predicted octanol–water partition coefficient (Wildman–Crippen LogP) is 1.09. The van der Waals surface area contributed by atoms with E-state index < -0.39 is 24.5 Å². The smallest absolute Gasteiger partial charge is 0.245 e. The molecule has 3 heterocycles. The van der Waals surface area contributed by atoms with Crippen LogP contribution in [0.5, 0.6) is 5.88 Å². The Balaban J connectivity index is 1.61. The molecule has 0 unspecified atom stereocenters. The number of anilines is 1. The summed E-state index contributed by atoms with van der Waals surface area (Å²) in [5, 5.41) is 23.3. The summed E-state index contributed by atoms with van der Waals surface area (Å²) < 4.78 is 13.1. The Morgan fingerprint density at radius 2 is 2.00 bits per heavy atom. The monoisotopic (exact) mass is 371 g/mol. The second-order valence-electron chi connectivity index (χ2n) is 6.41. The first-order valence-electron chi connectivity index (χ1n) is 8.67. The molecule has 1 fully saturated rings. The maximum Gasteiger partial charge on any atom is 0.245 e. The number of imidazole rings is 1. The summed E-state index contributed by atoms with van der Waals surface area (Å²) in [5.74, 6) is 0.339. The second kappa shape index (κ2) is 7.10. The van der Waals surface area contributed by atoms with E-state index in [1.807, 2.05) is 31.3 Å². The van der Waals surface area contributed by atoms with Crippen molar-refractivity contribution in [2.45, 2.75) is 38.1 Å². The van der Waals surface area contributed by atoms with Crippen molar-refractivity contribution in [2.24, 2.45) is 0 Å². The summed E-state index contributed by atoms with van der Waals surface area (Å²) in [6.07, 6.45) is -0.416. The fourth-order valence-corrected chi connectivity index (χ4v) is 3.22. The highest BCUT2D eigenvalue weighted by Gasteiger charge is 2.42. The van der Waals surface area contributed by atoms with E-state index >= 15 is 0 Å². The van der Waals surface area contributed by atoms with Crippen molar-refractivity contribution in [1.82, 2.24) is 19.5 Å². The third-order valence-electron chi connectivity index (χ3n) is 4.73. The lowest BCUT2D eigenvalue weighted by atomic mass is 10.1. The van der Waals surface area contributed by atoms with Crippen LogP contribution in [0.15, 0.2) is 36.9 Å². The summed E-state index contributed by atoms with van der Waals surface area (Å²) in [5.41, 5.74) is 2.88. The topological polar surface area (TPSA) is 115 Å². The van der Waals surface area contributed by atoms with Gasteiger partial charge in [-0.25, -0.2) is 9.97 Å². The normalized spacial score (nSPS) is 25.0. The van der Waals surface area contributed by atoms with Crippen molar-refractivity contribution < 1.29 is 19.7 Å². The van der Waals surface area contributed by atoms with E-state index in [1.165, 1.54) is 12.7 Å². The van der Waals surface area contributed by atoms with Crippen LogP contribution in [0.3, 0.4) is 0 Å². The van der Waals surface area contributed by atoms with Gasteiger partial charge in [0.2, 0.25) is 5.88 Å². The molecule has 1 aliphatic rings. The number of hydrogen-bond acceptors (Lipinski definition) is 8. The number of fused-ring (bicyclic) bond motifs is 1. The molecule has 9 nitrogen and oxygen atoms in total. The van der Waals surface area contributed by atoms with Gasteiger partial charge in [0.1, 0.15) is 25.1 Å². The molecule has 1 saturated heterocycles. The Morgan fingerprint density at radius 1 is 1.19 bits per heavy atom. The lowest BCUT2D eigenvalue weighted by molar-refractivity contribution is -0.0299. The van der Waals surface area contributed by atoms with Gasteiger partial charge in [0.25, 0.3) is 0 Å². The number of hydrogen-bond donors (Lipinski definition) is 3. The van der Waals surface area contributed by atoms with Crippen LogP contribution >= 0.6 is 0 Å². The Morgan fingerprint density at radius 3 is 2.74 bits per heavy atom. The van der Waals surface area contributed by atoms with Crippen LogP contribution in [0.1, 0.15) is 18.7 Å². The van der Waals surface area contributed by atoms with Crippen LogP contribution in [-0.2, 0) is 11.3 Å². The van der Waals surface area contributed by atoms with Gasteiger partial charge < -0.3 is 25.0 Å². The molecular formula is C18H21N5O4. The zero-order valence-corrected chi connectivity index (χ0v) is 15.0. The van der Waals surface area contributed by atoms with E-state index in [2.05, 4.69) is 20.3 Å². The average molecular weight is 371 g/mol. The third-order valence-corrected chi connectivity index (χ3v) is 4.73. The molecule has 0 spiro atoms. The first-order chi connectivity index (χ1) is 13.1. The van der Waals surface area contributed by atoms with Gasteiger partial charge in [-0.1, -0.05) is 18.2 Å². The van der Waals surface area contributed by atoms with E-state index in [1.54, 1.807) is 11.5 Å². The van der Waals surface area contributed by atoms with Gasteiger partial charge in [0.05, 0.1) is 12.4 Å². The fourth-order valence-electron chi connectivity index (χ4n) is 3.22. The minimum atomic E-state index is -1.07. The minimum absolute atomic E-state index is 0.314. The summed E-state index contributed by atoms with van der Waals surface area (Å²) in [7, 11) is 1.85. The standard InChI is InChI=1S/C18H21N5O4/c1-10-14(24)15(25)18(27-10)23-9-22-13-16(23)20-8-21-17(13)26-7-11-5-3-4-6-12(11)19-2/h3-6,8-10,14-15,18-19,24-25H,7H2,1-2H3/t10-,14-,15-,18-/m1/s1. The van der Waals surface area contributed by atoms with Gasteiger partial charge in [0.15, 0.2) is 17.4 Å². The third kappa shape index (κ3) is 3.09. The van der Waals surface area contributed by atoms with Crippen molar-refractivity contribution in [2.75, 3.05) is 12.4 Å². The fraction of sp³-hybridized carbons (Fsp3) is 0.389. The Bertz CT molecular complexity index is 946. The van der Waals surface area contributed by atoms with Gasteiger partial charge in [0, 0.05) is 18.3 Å². The number of rotatable bonds is 5. The van der Waals surface area contributed by atoms with Gasteiger partial charge in [-0.2, -0.15) is 4.98 Å². The van der Waals surface area contributed by atoms with E-state index in [4.69, 9.17) is 9.47 Å². The molecule has 4 rings (SSSR count). The molecule has 0 aliphatic carbocycles. The Labute approximate surface area is 155 Å². The van der Waals surface area contributed by atoms with E-state index in [0.717, 1.165) is 11.3 Å². The van der Waals surface area contributed by atoms with E-state index in [9.17, 15) is 10.2 Å². The molecule has 142 valence electrons. The molecule has 4 atom stereocenters. The van der Waals surface area contributed by atoms with Crippen molar-refractivity contribution in [3.63, 3.8) is 0 Å². The summed E-state index contributed by atoms with van der Waals surface area (Å²) in [6.45, 7) is 2.02. The number of aliphatic hydroxyl groups excluding tert-OH is 2. The molecule has 1 aliphatic heterocycles. The molecular weight excluding hydrogens is 350 g/mol. The SMILES string of the molecule is CNc1ccccc1COc1ncnc2c1ncn2[C@@H]1O[C@H](C)[C@@H](O)[C@H]1O. The van der Waals surface area contributed by atoms with Crippen molar-refractivity contribution in [3.05, 3.63) is 42.5 Å². The quantitative estimate of drug-likeness (QED) is 0.611. The highest BCUT2D eigenvalue weighted by Crippen LogP contribution is 2.32. The molecule has 0 bridgehead atoms. The summed E-state index contributed by atoms with van der Waals surface area (Å²) in [4.78, 5) is 12.8. The lowest BCUT2D eigenvalue weighted by Gasteiger charge is -2.16.